The fraction of sp³-hybridized carbons (Fsp3) is 0.292. The number of amides is 1. The van der Waals surface area contributed by atoms with E-state index in [0.717, 1.165) is 40.9 Å². The molecule has 1 aliphatic heterocycles. The maximum absolute atomic E-state index is 13.1. The lowest BCUT2D eigenvalue weighted by atomic mass is 10.1. The Labute approximate surface area is 206 Å². The van der Waals surface area contributed by atoms with Gasteiger partial charge in [-0.15, -0.1) is 11.3 Å². The highest BCUT2D eigenvalue weighted by Crippen LogP contribution is 2.32. The Hall–Kier alpha value is -2.45. The standard InChI is InChI=1S/C24H23Cl2N5OS/c1-16-23-17(21-6-3-13-33-21)7-8-27-24(23)31(28-16)15-22(32)30-11-9-29(10-12-30)14-18-19(25)4-2-5-20(18)26/h2-8,13H,9-12,14-15H2,1H3. The number of hydrogen-bond donors (Lipinski definition) is 0. The van der Waals surface area contributed by atoms with E-state index in [1.54, 1.807) is 22.2 Å². The average molecular weight is 500 g/mol. The molecule has 4 heterocycles. The number of carbonyl (C=O) groups is 1. The lowest BCUT2D eigenvalue weighted by Crippen LogP contribution is -2.49. The Kier molecular flexibility index (Phi) is 6.38. The molecule has 33 heavy (non-hydrogen) atoms. The monoisotopic (exact) mass is 499 g/mol. The smallest absolute Gasteiger partial charge is 0.244 e. The number of hydrogen-bond acceptors (Lipinski definition) is 5. The van der Waals surface area contributed by atoms with Gasteiger partial charge >= 0.3 is 0 Å². The molecule has 0 bridgehead atoms. The van der Waals surface area contributed by atoms with Crippen LogP contribution in [0.1, 0.15) is 11.3 Å². The molecule has 6 nitrogen and oxygen atoms in total. The Morgan fingerprint density at radius 1 is 1.06 bits per heavy atom. The van der Waals surface area contributed by atoms with E-state index in [9.17, 15) is 4.79 Å². The van der Waals surface area contributed by atoms with Gasteiger partial charge in [0.2, 0.25) is 5.91 Å². The van der Waals surface area contributed by atoms with E-state index in [1.807, 2.05) is 42.2 Å². The number of fused-ring (bicyclic) bond motifs is 1. The minimum Gasteiger partial charge on any atom is -0.339 e. The van der Waals surface area contributed by atoms with E-state index in [-0.39, 0.29) is 12.5 Å². The number of benzene rings is 1. The molecule has 4 aromatic rings. The lowest BCUT2D eigenvalue weighted by Gasteiger charge is -2.35. The summed E-state index contributed by atoms with van der Waals surface area (Å²) in [4.78, 5) is 23.0. The molecule has 0 spiro atoms. The van der Waals surface area contributed by atoms with Gasteiger partial charge in [0.05, 0.1) is 11.1 Å². The highest BCUT2D eigenvalue weighted by atomic mass is 35.5. The molecule has 1 aromatic carbocycles. The van der Waals surface area contributed by atoms with Gasteiger partial charge in [-0.05, 0) is 36.6 Å². The summed E-state index contributed by atoms with van der Waals surface area (Å²) in [7, 11) is 0. The van der Waals surface area contributed by atoms with Gasteiger partial charge in [-0.2, -0.15) is 5.10 Å². The maximum Gasteiger partial charge on any atom is 0.244 e. The van der Waals surface area contributed by atoms with Crippen LogP contribution in [0, 0.1) is 6.92 Å². The molecule has 0 saturated carbocycles. The third kappa shape index (κ3) is 4.51. The largest absolute Gasteiger partial charge is 0.339 e. The van der Waals surface area contributed by atoms with Gasteiger partial charge in [-0.1, -0.05) is 35.3 Å². The SMILES string of the molecule is Cc1nn(CC(=O)N2CCN(Cc3c(Cl)cccc3Cl)CC2)c2nccc(-c3cccs3)c12. The molecule has 9 heteroatoms. The van der Waals surface area contributed by atoms with Crippen LogP contribution >= 0.6 is 34.5 Å². The van der Waals surface area contributed by atoms with E-state index in [0.29, 0.717) is 29.7 Å². The summed E-state index contributed by atoms with van der Waals surface area (Å²) in [5.74, 6) is 0.0538. The first-order valence-corrected chi connectivity index (χ1v) is 12.4. The quantitative estimate of drug-likeness (QED) is 0.382. The molecule has 1 saturated heterocycles. The maximum atomic E-state index is 13.1. The number of halogens is 2. The van der Waals surface area contributed by atoms with Crippen LogP contribution in [0.15, 0.2) is 48.0 Å². The van der Waals surface area contributed by atoms with Crippen molar-refractivity contribution in [3.05, 3.63) is 69.3 Å². The predicted molar refractivity (Wildman–Crippen MR) is 134 cm³/mol. The molecule has 0 radical (unpaired) electrons. The zero-order chi connectivity index (χ0) is 22.9. The molecule has 5 rings (SSSR count). The number of thiophene rings is 1. The fourth-order valence-corrected chi connectivity index (χ4v) is 5.59. The average Bonchev–Trinajstić information content (AvgIpc) is 3.46. The number of nitrogens with zero attached hydrogens (tertiary/aromatic N) is 5. The summed E-state index contributed by atoms with van der Waals surface area (Å²) in [5, 5.41) is 9.08. The fourth-order valence-electron chi connectivity index (χ4n) is 4.32. The summed E-state index contributed by atoms with van der Waals surface area (Å²) in [5.41, 5.74) is 3.68. The van der Waals surface area contributed by atoms with Crippen molar-refractivity contribution in [3.63, 3.8) is 0 Å². The summed E-state index contributed by atoms with van der Waals surface area (Å²) in [6.07, 6.45) is 1.79. The normalized spacial score (nSPS) is 14.8. The van der Waals surface area contributed by atoms with Crippen molar-refractivity contribution in [3.8, 4) is 10.4 Å². The van der Waals surface area contributed by atoms with Gasteiger partial charge in [0.15, 0.2) is 5.65 Å². The van der Waals surface area contributed by atoms with Crippen molar-refractivity contribution in [2.24, 2.45) is 0 Å². The summed E-state index contributed by atoms with van der Waals surface area (Å²) in [6.45, 7) is 5.70. The third-order valence-corrected chi connectivity index (χ3v) is 7.66. The Balaban J connectivity index is 1.27. The Morgan fingerprint density at radius 3 is 2.52 bits per heavy atom. The van der Waals surface area contributed by atoms with Crippen LogP contribution in [0.4, 0.5) is 0 Å². The van der Waals surface area contributed by atoms with Gasteiger partial charge in [-0.25, -0.2) is 9.67 Å². The number of pyridine rings is 1. The van der Waals surface area contributed by atoms with Crippen LogP contribution < -0.4 is 0 Å². The molecule has 0 unspecified atom stereocenters. The minimum absolute atomic E-state index is 0.0538. The van der Waals surface area contributed by atoms with Crippen LogP contribution in [0.5, 0.6) is 0 Å². The van der Waals surface area contributed by atoms with Crippen molar-refractivity contribution in [1.29, 1.82) is 0 Å². The molecular formula is C24H23Cl2N5OS. The molecule has 0 atom stereocenters. The van der Waals surface area contributed by atoms with Crippen molar-refractivity contribution in [2.45, 2.75) is 20.0 Å². The first-order valence-electron chi connectivity index (χ1n) is 10.8. The second-order valence-electron chi connectivity index (χ2n) is 8.13. The van der Waals surface area contributed by atoms with Crippen molar-refractivity contribution in [2.75, 3.05) is 26.2 Å². The highest BCUT2D eigenvalue weighted by molar-refractivity contribution is 7.13. The van der Waals surface area contributed by atoms with Crippen LogP contribution in [0.25, 0.3) is 21.5 Å². The van der Waals surface area contributed by atoms with Crippen molar-refractivity contribution >= 4 is 51.5 Å². The van der Waals surface area contributed by atoms with Gasteiger partial charge < -0.3 is 4.90 Å². The van der Waals surface area contributed by atoms with Crippen molar-refractivity contribution in [1.82, 2.24) is 24.6 Å². The summed E-state index contributed by atoms with van der Waals surface area (Å²) < 4.78 is 1.74. The van der Waals surface area contributed by atoms with Gasteiger partial charge in [0.25, 0.3) is 0 Å². The lowest BCUT2D eigenvalue weighted by molar-refractivity contribution is -0.133. The first-order chi connectivity index (χ1) is 16.0. The van der Waals surface area contributed by atoms with Gasteiger partial charge in [0, 0.05) is 65.0 Å². The predicted octanol–water partition coefficient (Wildman–Crippen LogP) is 5.12. The molecule has 3 aromatic heterocycles. The zero-order valence-corrected chi connectivity index (χ0v) is 20.5. The topological polar surface area (TPSA) is 54.3 Å². The molecular weight excluding hydrogens is 477 g/mol. The number of aromatic nitrogens is 3. The van der Waals surface area contributed by atoms with E-state index < -0.39 is 0 Å². The summed E-state index contributed by atoms with van der Waals surface area (Å²) >= 11 is 14.3. The third-order valence-electron chi connectivity index (χ3n) is 6.05. The Morgan fingerprint density at radius 2 is 1.82 bits per heavy atom. The second-order valence-corrected chi connectivity index (χ2v) is 9.90. The first kappa shape index (κ1) is 22.3. The minimum atomic E-state index is 0.0538. The molecule has 1 fully saturated rings. The number of rotatable bonds is 5. The van der Waals surface area contributed by atoms with Crippen LogP contribution in [0.3, 0.4) is 0 Å². The second kappa shape index (κ2) is 9.43. The van der Waals surface area contributed by atoms with E-state index in [1.165, 1.54) is 4.88 Å². The Bertz CT molecular complexity index is 1280. The number of aryl methyl sites for hydroxylation is 1. The molecule has 1 amide bonds. The molecule has 0 aliphatic carbocycles. The van der Waals surface area contributed by atoms with E-state index in [4.69, 9.17) is 23.2 Å². The van der Waals surface area contributed by atoms with Crippen LogP contribution in [-0.2, 0) is 17.9 Å². The summed E-state index contributed by atoms with van der Waals surface area (Å²) in [6, 6.07) is 11.7. The van der Waals surface area contributed by atoms with Crippen LogP contribution in [0.2, 0.25) is 10.0 Å². The zero-order valence-electron chi connectivity index (χ0n) is 18.2. The molecule has 170 valence electrons. The molecule has 0 N–H and O–H groups in total. The van der Waals surface area contributed by atoms with Crippen molar-refractivity contribution < 1.29 is 4.79 Å². The molecule has 1 aliphatic rings. The van der Waals surface area contributed by atoms with E-state index in [2.05, 4.69) is 26.4 Å². The number of piperazine rings is 1. The van der Waals surface area contributed by atoms with E-state index >= 15 is 0 Å². The highest BCUT2D eigenvalue weighted by Gasteiger charge is 2.24. The number of carbonyl (C=O) groups excluding carboxylic acids is 1. The van der Waals surface area contributed by atoms with Gasteiger partial charge in [0.1, 0.15) is 6.54 Å². The van der Waals surface area contributed by atoms with Gasteiger partial charge in [-0.3, -0.25) is 9.69 Å². The van der Waals surface area contributed by atoms with Crippen LogP contribution in [-0.4, -0.2) is 56.7 Å².